The van der Waals surface area contributed by atoms with Crippen molar-refractivity contribution >= 4 is 11.9 Å². The molecule has 4 heterocycles. The zero-order valence-electron chi connectivity index (χ0n) is 16.7. The number of amides is 1. The van der Waals surface area contributed by atoms with Crippen molar-refractivity contribution in [3.8, 4) is 5.88 Å². The van der Waals surface area contributed by atoms with Gasteiger partial charge in [0.1, 0.15) is 5.56 Å². The molecule has 29 heavy (non-hydrogen) atoms. The van der Waals surface area contributed by atoms with Crippen molar-refractivity contribution in [1.82, 2.24) is 20.3 Å². The van der Waals surface area contributed by atoms with Gasteiger partial charge < -0.3 is 19.7 Å². The van der Waals surface area contributed by atoms with Crippen LogP contribution in [0, 0.1) is 0 Å². The Hall–Kier alpha value is -2.74. The summed E-state index contributed by atoms with van der Waals surface area (Å²) in [6, 6.07) is 5.52. The molecule has 1 atom stereocenters. The molecule has 0 bridgehead atoms. The minimum Gasteiger partial charge on any atom is -0.477 e. The summed E-state index contributed by atoms with van der Waals surface area (Å²) in [5.74, 6) is 1.38. The average Bonchev–Trinajstić information content (AvgIpc) is 3.23. The Bertz CT molecular complexity index is 841. The summed E-state index contributed by atoms with van der Waals surface area (Å²) in [4.78, 5) is 28.3. The van der Waals surface area contributed by atoms with Crippen LogP contribution in [0.3, 0.4) is 0 Å². The predicted molar refractivity (Wildman–Crippen MR) is 108 cm³/mol. The fourth-order valence-electron chi connectivity index (χ4n) is 3.87. The molecule has 8 nitrogen and oxygen atoms in total. The van der Waals surface area contributed by atoms with Crippen LogP contribution in [0.1, 0.15) is 48.2 Å². The topological polar surface area (TPSA) is 89.5 Å². The monoisotopic (exact) mass is 397 g/mol. The summed E-state index contributed by atoms with van der Waals surface area (Å²) < 4.78 is 10.9. The third-order valence-corrected chi connectivity index (χ3v) is 5.41. The number of aromatic nitrogens is 3. The summed E-state index contributed by atoms with van der Waals surface area (Å²) in [6.45, 7) is 5.43. The van der Waals surface area contributed by atoms with E-state index in [0.29, 0.717) is 30.5 Å². The lowest BCUT2D eigenvalue weighted by Crippen LogP contribution is -2.37. The molecule has 154 valence electrons. The van der Waals surface area contributed by atoms with Crippen molar-refractivity contribution in [3.63, 3.8) is 0 Å². The van der Waals surface area contributed by atoms with Crippen molar-refractivity contribution in [2.45, 2.75) is 38.1 Å². The molecule has 2 aliphatic heterocycles. The van der Waals surface area contributed by atoms with E-state index in [1.54, 1.807) is 18.3 Å². The highest BCUT2D eigenvalue weighted by Crippen LogP contribution is 2.27. The summed E-state index contributed by atoms with van der Waals surface area (Å²) in [5, 5.41) is 3.10. The van der Waals surface area contributed by atoms with Crippen LogP contribution in [0.25, 0.3) is 0 Å². The van der Waals surface area contributed by atoms with Crippen molar-refractivity contribution in [3.05, 3.63) is 41.9 Å². The standard InChI is InChI=1S/C21H27N5O3/c1-2-29-20-17(4-3-9-22-20)19(27)24-16-6-11-26(14-16)21-23-10-5-18(25-21)15-7-12-28-13-8-15/h3-5,9-10,15-16H,2,6-8,11-14H2,1H3,(H,24,27). The zero-order valence-corrected chi connectivity index (χ0v) is 16.7. The van der Waals surface area contributed by atoms with Crippen LogP contribution < -0.4 is 15.0 Å². The van der Waals surface area contributed by atoms with Crippen molar-refractivity contribution in [2.24, 2.45) is 0 Å². The highest BCUT2D eigenvalue weighted by molar-refractivity contribution is 5.96. The molecule has 1 unspecified atom stereocenters. The molecule has 4 rings (SSSR count). The summed E-state index contributed by atoms with van der Waals surface area (Å²) >= 11 is 0. The Labute approximate surface area is 170 Å². The minimum absolute atomic E-state index is 0.0347. The van der Waals surface area contributed by atoms with Gasteiger partial charge in [-0.1, -0.05) is 0 Å². The fraction of sp³-hybridized carbons (Fsp3) is 0.524. The Morgan fingerprint density at radius 2 is 2.10 bits per heavy atom. The number of nitrogens with one attached hydrogen (secondary N) is 1. The summed E-state index contributed by atoms with van der Waals surface area (Å²) in [5.41, 5.74) is 1.55. The van der Waals surface area contributed by atoms with Gasteiger partial charge in [-0.3, -0.25) is 4.79 Å². The maximum absolute atomic E-state index is 12.7. The second-order valence-corrected chi connectivity index (χ2v) is 7.36. The molecule has 2 saturated heterocycles. The normalized spacial score (nSPS) is 19.9. The largest absolute Gasteiger partial charge is 0.477 e. The Kier molecular flexibility index (Phi) is 6.19. The van der Waals surface area contributed by atoms with Gasteiger partial charge in [0.15, 0.2) is 0 Å². The molecule has 1 amide bonds. The lowest BCUT2D eigenvalue weighted by molar-refractivity contribution is 0.0845. The first-order chi connectivity index (χ1) is 14.2. The number of ether oxygens (including phenoxy) is 2. The van der Waals surface area contributed by atoms with E-state index in [1.165, 1.54) is 0 Å². The molecule has 2 fully saturated rings. The molecule has 8 heteroatoms. The second-order valence-electron chi connectivity index (χ2n) is 7.36. The van der Waals surface area contributed by atoms with Gasteiger partial charge in [0.05, 0.1) is 6.61 Å². The van der Waals surface area contributed by atoms with E-state index in [4.69, 9.17) is 14.5 Å². The number of nitrogens with zero attached hydrogens (tertiary/aromatic N) is 4. The van der Waals surface area contributed by atoms with E-state index < -0.39 is 0 Å². The van der Waals surface area contributed by atoms with E-state index in [2.05, 4.69) is 20.2 Å². The lowest BCUT2D eigenvalue weighted by atomic mass is 9.96. The number of anilines is 1. The Morgan fingerprint density at radius 3 is 2.93 bits per heavy atom. The first-order valence-corrected chi connectivity index (χ1v) is 10.3. The minimum atomic E-state index is -0.162. The average molecular weight is 397 g/mol. The first-order valence-electron chi connectivity index (χ1n) is 10.3. The van der Waals surface area contributed by atoms with E-state index >= 15 is 0 Å². The van der Waals surface area contributed by atoms with Crippen LogP contribution in [-0.2, 0) is 4.74 Å². The third kappa shape index (κ3) is 4.64. The number of rotatable bonds is 6. The highest BCUT2D eigenvalue weighted by atomic mass is 16.5. The molecule has 0 aromatic carbocycles. The van der Waals surface area contributed by atoms with Gasteiger partial charge in [-0.2, -0.15) is 0 Å². The van der Waals surface area contributed by atoms with Crippen molar-refractivity contribution < 1.29 is 14.3 Å². The molecule has 0 saturated carbocycles. The lowest BCUT2D eigenvalue weighted by Gasteiger charge is -2.23. The number of carbonyl (C=O) groups excluding carboxylic acids is 1. The fourth-order valence-corrected chi connectivity index (χ4v) is 3.87. The second kappa shape index (κ2) is 9.17. The Balaban J connectivity index is 1.39. The number of pyridine rings is 1. The molecule has 0 spiro atoms. The van der Waals surface area contributed by atoms with E-state index in [0.717, 1.165) is 50.7 Å². The molecule has 0 radical (unpaired) electrons. The van der Waals surface area contributed by atoms with E-state index in [9.17, 15) is 4.79 Å². The highest BCUT2D eigenvalue weighted by Gasteiger charge is 2.28. The van der Waals surface area contributed by atoms with E-state index in [-0.39, 0.29) is 11.9 Å². The van der Waals surface area contributed by atoms with Crippen LogP contribution >= 0.6 is 0 Å². The number of carbonyl (C=O) groups is 1. The van der Waals surface area contributed by atoms with Gasteiger partial charge in [0, 0.05) is 56.4 Å². The van der Waals surface area contributed by atoms with Crippen molar-refractivity contribution in [1.29, 1.82) is 0 Å². The van der Waals surface area contributed by atoms with E-state index in [1.807, 2.05) is 19.2 Å². The van der Waals surface area contributed by atoms with Gasteiger partial charge in [-0.25, -0.2) is 15.0 Å². The van der Waals surface area contributed by atoms with Crippen LogP contribution in [0.5, 0.6) is 5.88 Å². The Morgan fingerprint density at radius 1 is 1.24 bits per heavy atom. The molecular formula is C21H27N5O3. The van der Waals surface area contributed by atoms with Crippen LogP contribution in [-0.4, -0.2) is 59.8 Å². The predicted octanol–water partition coefficient (Wildman–Crippen LogP) is 2.17. The van der Waals surface area contributed by atoms with Gasteiger partial charge in [0.2, 0.25) is 11.8 Å². The molecule has 2 aliphatic rings. The zero-order chi connectivity index (χ0) is 20.1. The quantitative estimate of drug-likeness (QED) is 0.799. The van der Waals surface area contributed by atoms with Crippen LogP contribution in [0.15, 0.2) is 30.6 Å². The first kappa shape index (κ1) is 19.6. The number of hydrogen-bond donors (Lipinski definition) is 1. The molecular weight excluding hydrogens is 370 g/mol. The third-order valence-electron chi connectivity index (χ3n) is 5.41. The maximum atomic E-state index is 12.7. The summed E-state index contributed by atoms with van der Waals surface area (Å²) in [6.07, 6.45) is 6.32. The van der Waals surface area contributed by atoms with Crippen molar-refractivity contribution in [2.75, 3.05) is 37.8 Å². The van der Waals surface area contributed by atoms with Gasteiger partial charge >= 0.3 is 0 Å². The van der Waals surface area contributed by atoms with Gasteiger partial charge in [-0.15, -0.1) is 0 Å². The molecule has 2 aromatic heterocycles. The van der Waals surface area contributed by atoms with Gasteiger partial charge in [-0.05, 0) is 44.4 Å². The smallest absolute Gasteiger partial charge is 0.257 e. The van der Waals surface area contributed by atoms with Gasteiger partial charge in [0.25, 0.3) is 5.91 Å². The number of hydrogen-bond acceptors (Lipinski definition) is 7. The molecule has 2 aromatic rings. The SMILES string of the molecule is CCOc1ncccc1C(=O)NC1CCN(c2nccc(C3CCOCC3)n2)C1. The van der Waals surface area contributed by atoms with Crippen LogP contribution in [0.4, 0.5) is 5.95 Å². The summed E-state index contributed by atoms with van der Waals surface area (Å²) in [7, 11) is 0. The molecule has 1 N–H and O–H groups in total. The molecule has 0 aliphatic carbocycles. The maximum Gasteiger partial charge on any atom is 0.257 e. The van der Waals surface area contributed by atoms with Crippen LogP contribution in [0.2, 0.25) is 0 Å².